The summed E-state index contributed by atoms with van der Waals surface area (Å²) in [5, 5.41) is 0.810. The van der Waals surface area contributed by atoms with Crippen LogP contribution in [0.4, 0.5) is 0 Å². The maximum absolute atomic E-state index is 6.30. The molecule has 88 valence electrons. The fraction of sp³-hybridized carbons (Fsp3) is 1.00. The molecule has 0 aromatic carbocycles. The lowest BCUT2D eigenvalue weighted by Gasteiger charge is -2.36. The molecule has 0 spiro atoms. The van der Waals surface area contributed by atoms with Gasteiger partial charge >= 0.3 is 0 Å². The normalized spacial score (nSPS) is 38.4. The van der Waals surface area contributed by atoms with Crippen LogP contribution in [0.5, 0.6) is 0 Å². The van der Waals surface area contributed by atoms with Gasteiger partial charge in [0.05, 0.1) is 12.1 Å². The van der Waals surface area contributed by atoms with Gasteiger partial charge in [-0.1, -0.05) is 6.92 Å². The predicted octanol–water partition coefficient (Wildman–Crippen LogP) is 0.932. The van der Waals surface area contributed by atoms with Crippen LogP contribution in [0.3, 0.4) is 0 Å². The van der Waals surface area contributed by atoms with Crippen LogP contribution in [0.1, 0.15) is 19.8 Å². The Morgan fingerprint density at radius 3 is 3.13 bits per heavy atom. The first-order valence-electron chi connectivity index (χ1n) is 5.92. The molecule has 0 amide bonds. The smallest absolute Gasteiger partial charge is 0.0659 e. The predicted molar refractivity (Wildman–Crippen MR) is 65.3 cm³/mol. The minimum Gasteiger partial charge on any atom is -0.379 e. The summed E-state index contributed by atoms with van der Waals surface area (Å²) in [5.41, 5.74) is 6.23. The van der Waals surface area contributed by atoms with Gasteiger partial charge < -0.3 is 10.5 Å². The van der Waals surface area contributed by atoms with Crippen molar-refractivity contribution in [2.75, 3.05) is 38.6 Å². The molecular formula is C11H22N2OS. The van der Waals surface area contributed by atoms with E-state index in [-0.39, 0.29) is 5.54 Å². The minimum absolute atomic E-state index is 0.0691. The third kappa shape index (κ3) is 3.09. The largest absolute Gasteiger partial charge is 0.379 e. The number of nitrogens with two attached hydrogens (primary N) is 1. The Balaban J connectivity index is 1.83. The Labute approximate surface area is 96.7 Å². The zero-order chi connectivity index (χ0) is 10.7. The Kier molecular flexibility index (Phi) is 3.93. The molecule has 2 aliphatic rings. The van der Waals surface area contributed by atoms with Gasteiger partial charge in [0.1, 0.15) is 0 Å². The summed E-state index contributed by atoms with van der Waals surface area (Å²) >= 11 is 2.11. The van der Waals surface area contributed by atoms with Crippen molar-refractivity contribution in [1.29, 1.82) is 0 Å². The molecule has 4 heteroatoms. The molecule has 0 saturated carbocycles. The van der Waals surface area contributed by atoms with Gasteiger partial charge in [-0.05, 0) is 12.8 Å². The molecular weight excluding hydrogens is 208 g/mol. The molecule has 0 aliphatic carbocycles. The van der Waals surface area contributed by atoms with Crippen molar-refractivity contribution in [1.82, 2.24) is 4.90 Å². The second-order valence-corrected chi connectivity index (χ2v) is 6.21. The maximum Gasteiger partial charge on any atom is 0.0659 e. The Morgan fingerprint density at radius 2 is 2.47 bits per heavy atom. The van der Waals surface area contributed by atoms with Crippen LogP contribution in [-0.2, 0) is 4.74 Å². The molecule has 0 aromatic heterocycles. The topological polar surface area (TPSA) is 38.5 Å². The summed E-state index contributed by atoms with van der Waals surface area (Å²) in [6.07, 6.45) is 2.29. The highest BCUT2D eigenvalue weighted by Gasteiger charge is 2.33. The Bertz CT molecular complexity index is 207. The van der Waals surface area contributed by atoms with Crippen LogP contribution in [-0.4, -0.2) is 54.3 Å². The first-order valence-corrected chi connectivity index (χ1v) is 6.97. The van der Waals surface area contributed by atoms with Gasteiger partial charge in [-0.3, -0.25) is 4.90 Å². The van der Waals surface area contributed by atoms with Crippen molar-refractivity contribution in [2.24, 2.45) is 5.73 Å². The van der Waals surface area contributed by atoms with Gasteiger partial charge in [0.2, 0.25) is 0 Å². The maximum atomic E-state index is 6.30. The molecule has 2 atom stereocenters. The number of hydrogen-bond donors (Lipinski definition) is 1. The molecule has 0 radical (unpaired) electrons. The second kappa shape index (κ2) is 5.04. The molecule has 3 nitrogen and oxygen atoms in total. The molecule has 2 unspecified atom stereocenters. The first kappa shape index (κ1) is 11.7. The van der Waals surface area contributed by atoms with E-state index in [0.717, 1.165) is 31.4 Å². The lowest BCUT2D eigenvalue weighted by Crippen LogP contribution is -2.53. The van der Waals surface area contributed by atoms with Crippen LogP contribution < -0.4 is 5.73 Å². The number of nitrogens with zero attached hydrogens (tertiary/aromatic N) is 1. The van der Waals surface area contributed by atoms with E-state index < -0.39 is 0 Å². The zero-order valence-electron chi connectivity index (χ0n) is 9.58. The van der Waals surface area contributed by atoms with E-state index in [1.807, 2.05) is 0 Å². The van der Waals surface area contributed by atoms with Crippen LogP contribution in [0.25, 0.3) is 0 Å². The fourth-order valence-electron chi connectivity index (χ4n) is 2.36. The van der Waals surface area contributed by atoms with Crippen molar-refractivity contribution in [2.45, 2.75) is 30.6 Å². The van der Waals surface area contributed by atoms with E-state index in [1.54, 1.807) is 0 Å². The third-order valence-electron chi connectivity index (χ3n) is 3.35. The molecule has 0 aromatic rings. The van der Waals surface area contributed by atoms with Crippen molar-refractivity contribution >= 4 is 11.8 Å². The van der Waals surface area contributed by atoms with Crippen LogP contribution >= 0.6 is 11.8 Å². The summed E-state index contributed by atoms with van der Waals surface area (Å²) < 4.78 is 5.40. The summed E-state index contributed by atoms with van der Waals surface area (Å²) in [6, 6.07) is 0. The molecule has 2 saturated heterocycles. The standard InChI is InChI=1S/C11H22N2OS/c1-2-10-7-13(4-6-15-10)8-11(12)3-5-14-9-11/h10H,2-9,12H2,1H3. The van der Waals surface area contributed by atoms with Gasteiger partial charge in [-0.2, -0.15) is 11.8 Å². The van der Waals surface area contributed by atoms with Crippen LogP contribution in [0.2, 0.25) is 0 Å². The van der Waals surface area contributed by atoms with Crippen molar-refractivity contribution in [3.8, 4) is 0 Å². The van der Waals surface area contributed by atoms with E-state index >= 15 is 0 Å². The number of thioether (sulfide) groups is 1. The highest BCUT2D eigenvalue weighted by Crippen LogP contribution is 2.24. The quantitative estimate of drug-likeness (QED) is 0.783. The Hall–Kier alpha value is 0.230. The SMILES string of the molecule is CCC1CN(CC2(N)CCOC2)CCS1. The fourth-order valence-corrected chi connectivity index (χ4v) is 3.61. The molecule has 2 N–H and O–H groups in total. The van der Waals surface area contributed by atoms with Gasteiger partial charge in [0, 0.05) is 37.2 Å². The summed E-state index contributed by atoms with van der Waals surface area (Å²) in [7, 11) is 0. The van der Waals surface area contributed by atoms with E-state index in [0.29, 0.717) is 0 Å². The first-order chi connectivity index (χ1) is 7.22. The minimum atomic E-state index is -0.0691. The number of ether oxygens (including phenoxy) is 1. The van der Waals surface area contributed by atoms with Crippen LogP contribution in [0.15, 0.2) is 0 Å². The van der Waals surface area contributed by atoms with Crippen molar-refractivity contribution < 1.29 is 4.74 Å². The van der Waals surface area contributed by atoms with Crippen LogP contribution in [0, 0.1) is 0 Å². The van der Waals surface area contributed by atoms with Gasteiger partial charge in [0.25, 0.3) is 0 Å². The van der Waals surface area contributed by atoms with Gasteiger partial charge in [0.15, 0.2) is 0 Å². The average molecular weight is 230 g/mol. The van der Waals surface area contributed by atoms with Gasteiger partial charge in [-0.15, -0.1) is 0 Å². The molecule has 2 fully saturated rings. The monoisotopic (exact) mass is 230 g/mol. The van der Waals surface area contributed by atoms with Gasteiger partial charge in [-0.25, -0.2) is 0 Å². The molecule has 0 bridgehead atoms. The number of rotatable bonds is 3. The highest BCUT2D eigenvalue weighted by molar-refractivity contribution is 8.00. The second-order valence-electron chi connectivity index (χ2n) is 4.80. The molecule has 2 heterocycles. The van der Waals surface area contributed by atoms with E-state index in [2.05, 4.69) is 23.6 Å². The summed E-state index contributed by atoms with van der Waals surface area (Å²) in [6.45, 7) is 7.28. The van der Waals surface area contributed by atoms with E-state index in [1.165, 1.54) is 25.3 Å². The number of hydrogen-bond acceptors (Lipinski definition) is 4. The lowest BCUT2D eigenvalue weighted by molar-refractivity contribution is 0.153. The Morgan fingerprint density at radius 1 is 1.60 bits per heavy atom. The molecule has 15 heavy (non-hydrogen) atoms. The third-order valence-corrected chi connectivity index (χ3v) is 4.72. The lowest BCUT2D eigenvalue weighted by atomic mass is 9.99. The average Bonchev–Trinajstić information content (AvgIpc) is 2.65. The zero-order valence-corrected chi connectivity index (χ0v) is 10.4. The van der Waals surface area contributed by atoms with Crippen molar-refractivity contribution in [3.63, 3.8) is 0 Å². The van der Waals surface area contributed by atoms with Crippen molar-refractivity contribution in [3.05, 3.63) is 0 Å². The summed E-state index contributed by atoms with van der Waals surface area (Å²) in [4.78, 5) is 2.53. The highest BCUT2D eigenvalue weighted by atomic mass is 32.2. The van der Waals surface area contributed by atoms with E-state index in [9.17, 15) is 0 Å². The molecule has 2 rings (SSSR count). The van der Waals surface area contributed by atoms with E-state index in [4.69, 9.17) is 10.5 Å². The molecule has 2 aliphatic heterocycles. The summed E-state index contributed by atoms with van der Waals surface area (Å²) in [5.74, 6) is 1.26.